The second kappa shape index (κ2) is 21.0. The molecule has 1 saturated carbocycles. The molecule has 0 saturated heterocycles. The number of nitriles is 2. The predicted molar refractivity (Wildman–Crippen MR) is 170 cm³/mol. The van der Waals surface area contributed by atoms with Crippen LogP contribution in [0.5, 0.6) is 0 Å². The second-order valence-electron chi connectivity index (χ2n) is 10.4. The fourth-order valence-corrected chi connectivity index (χ4v) is 4.74. The molecule has 9 heteroatoms. The number of carbonyl (C=O) groups excluding carboxylic acids is 1. The summed E-state index contributed by atoms with van der Waals surface area (Å²) in [5.74, 6) is 1.69. The normalized spacial score (nSPS) is 15.9. The van der Waals surface area contributed by atoms with E-state index in [1.54, 1.807) is 37.2 Å². The molecule has 42 heavy (non-hydrogen) atoms. The molecule has 1 aliphatic carbocycles. The van der Waals surface area contributed by atoms with E-state index < -0.39 is 11.7 Å². The number of amides is 1. The SMILES string of the molecule is C#N.CC.CC=Nc1ccc(C#N)cc1C.CCCCC1CCCC(CN(C(=O)OC)c2cnc(C(C)(C)O)cn2)C1. The van der Waals surface area contributed by atoms with E-state index in [4.69, 9.17) is 15.3 Å². The standard InChI is InChI=1S/C20H33N3O3.C10H10N2.C2H6.CHN/c1-5-6-8-15-9-7-10-16(11-15)14-23(19(24)26-4)18-13-21-17(12-22-18)20(2,3)25;1-3-12-10-5-4-9(7-11)6-8(10)2;2*1-2/h12-13,15-16,25H,5-11,14H2,1-4H3;3-6H,1-2H3;1-2H3;1H. The van der Waals surface area contributed by atoms with Crippen LogP contribution in [-0.2, 0) is 10.3 Å². The molecule has 1 heterocycles. The summed E-state index contributed by atoms with van der Waals surface area (Å²) < 4.78 is 4.97. The van der Waals surface area contributed by atoms with E-state index in [-0.39, 0.29) is 0 Å². The van der Waals surface area contributed by atoms with Crippen molar-refractivity contribution in [2.75, 3.05) is 18.6 Å². The number of aryl methyl sites for hydroxylation is 1. The van der Waals surface area contributed by atoms with Crippen LogP contribution >= 0.6 is 0 Å². The number of hydrogen-bond donors (Lipinski definition) is 1. The molecule has 1 N–H and O–H groups in total. The Labute approximate surface area is 253 Å². The van der Waals surface area contributed by atoms with Crippen LogP contribution in [0.3, 0.4) is 0 Å². The Hall–Kier alpha value is -3.82. The number of unbranched alkanes of at least 4 members (excludes halogenated alkanes) is 1. The van der Waals surface area contributed by atoms with Gasteiger partial charge in [-0.15, -0.1) is 0 Å². The number of methoxy groups -OCH3 is 1. The zero-order chi connectivity index (χ0) is 32.1. The number of aliphatic imine (C=N–C) groups is 1. The molecule has 9 nitrogen and oxygen atoms in total. The summed E-state index contributed by atoms with van der Waals surface area (Å²) in [5, 5.41) is 25.1. The van der Waals surface area contributed by atoms with Gasteiger partial charge in [-0.25, -0.2) is 15.0 Å². The molecule has 0 radical (unpaired) electrons. The third-order valence-electron chi connectivity index (χ3n) is 6.83. The van der Waals surface area contributed by atoms with Gasteiger partial charge in [0.05, 0.1) is 42.5 Å². The number of benzene rings is 1. The van der Waals surface area contributed by atoms with Crippen LogP contribution in [0.25, 0.3) is 0 Å². The van der Waals surface area contributed by atoms with E-state index in [1.165, 1.54) is 45.4 Å². The molecule has 0 bridgehead atoms. The van der Waals surface area contributed by atoms with Crippen molar-refractivity contribution in [2.45, 2.75) is 99.0 Å². The minimum absolute atomic E-state index is 0.411. The molecule has 0 aliphatic heterocycles. The van der Waals surface area contributed by atoms with Crippen LogP contribution < -0.4 is 4.90 Å². The minimum atomic E-state index is -1.06. The fourth-order valence-electron chi connectivity index (χ4n) is 4.74. The van der Waals surface area contributed by atoms with Gasteiger partial charge in [0.25, 0.3) is 0 Å². The average molecular weight is 579 g/mol. The molecule has 1 aliphatic rings. The lowest BCUT2D eigenvalue weighted by Gasteiger charge is -2.32. The summed E-state index contributed by atoms with van der Waals surface area (Å²) in [5.41, 5.74) is 2.06. The van der Waals surface area contributed by atoms with Crippen LogP contribution in [-0.4, -0.2) is 41.0 Å². The third-order valence-corrected chi connectivity index (χ3v) is 6.83. The maximum atomic E-state index is 12.3. The lowest BCUT2D eigenvalue weighted by atomic mass is 9.79. The van der Waals surface area contributed by atoms with Crippen molar-refractivity contribution in [1.29, 1.82) is 10.5 Å². The van der Waals surface area contributed by atoms with Gasteiger partial charge in [0.15, 0.2) is 5.82 Å². The Morgan fingerprint density at radius 2 is 1.90 bits per heavy atom. The van der Waals surface area contributed by atoms with Crippen LogP contribution in [0.15, 0.2) is 35.6 Å². The molecule has 2 aromatic rings. The number of hydrogen-bond acceptors (Lipinski definition) is 8. The minimum Gasteiger partial charge on any atom is -0.452 e. The maximum Gasteiger partial charge on any atom is 0.415 e. The summed E-state index contributed by atoms with van der Waals surface area (Å²) in [4.78, 5) is 26.7. The number of aromatic nitrogens is 2. The summed E-state index contributed by atoms with van der Waals surface area (Å²) in [6, 6.07) is 7.55. The maximum absolute atomic E-state index is 12.3. The van der Waals surface area contributed by atoms with Crippen LogP contribution in [0, 0.1) is 41.9 Å². The molecule has 1 amide bonds. The molecular formula is C33H50N6O3. The zero-order valence-corrected chi connectivity index (χ0v) is 26.8. The number of anilines is 1. The highest BCUT2D eigenvalue weighted by molar-refractivity contribution is 5.86. The summed E-state index contributed by atoms with van der Waals surface area (Å²) >= 11 is 0. The molecule has 3 rings (SSSR count). The number of carbonyl (C=O) groups is 1. The molecule has 230 valence electrons. The van der Waals surface area contributed by atoms with E-state index >= 15 is 0 Å². The molecule has 1 fully saturated rings. The molecule has 1 aromatic carbocycles. The summed E-state index contributed by atoms with van der Waals surface area (Å²) in [6.45, 7) is 17.5. The van der Waals surface area contributed by atoms with Crippen LogP contribution in [0.4, 0.5) is 16.3 Å². The van der Waals surface area contributed by atoms with E-state index in [1.807, 2.05) is 39.8 Å². The Morgan fingerprint density at radius 3 is 2.40 bits per heavy atom. The van der Waals surface area contributed by atoms with E-state index in [0.29, 0.717) is 29.5 Å². The molecule has 2 atom stereocenters. The Morgan fingerprint density at radius 1 is 1.24 bits per heavy atom. The average Bonchev–Trinajstić information content (AvgIpc) is 3.01. The third kappa shape index (κ3) is 13.2. The largest absolute Gasteiger partial charge is 0.452 e. The highest BCUT2D eigenvalue weighted by Gasteiger charge is 2.28. The molecule has 0 spiro atoms. The Bertz CT molecular complexity index is 1130. The van der Waals surface area contributed by atoms with E-state index in [2.05, 4.69) is 34.5 Å². The van der Waals surface area contributed by atoms with Crippen LogP contribution in [0.1, 0.15) is 103 Å². The number of rotatable bonds is 8. The first-order valence-corrected chi connectivity index (χ1v) is 14.8. The first kappa shape index (κ1) is 38.2. The summed E-state index contributed by atoms with van der Waals surface area (Å²) in [6.07, 6.45) is 13.0. The predicted octanol–water partition coefficient (Wildman–Crippen LogP) is 8.03. The van der Waals surface area contributed by atoms with Crippen molar-refractivity contribution in [1.82, 2.24) is 9.97 Å². The van der Waals surface area contributed by atoms with E-state index in [9.17, 15) is 9.90 Å². The van der Waals surface area contributed by atoms with Gasteiger partial charge in [-0.1, -0.05) is 52.9 Å². The zero-order valence-electron chi connectivity index (χ0n) is 26.8. The lowest BCUT2D eigenvalue weighted by Crippen LogP contribution is -2.37. The molecule has 2 unspecified atom stereocenters. The number of ether oxygens (including phenoxy) is 1. The van der Waals surface area contributed by atoms with Gasteiger partial charge in [-0.05, 0) is 76.1 Å². The smallest absolute Gasteiger partial charge is 0.415 e. The number of nitrogens with zero attached hydrogens (tertiary/aromatic N) is 6. The van der Waals surface area contributed by atoms with Crippen molar-refractivity contribution < 1.29 is 14.6 Å². The van der Waals surface area contributed by atoms with Crippen LogP contribution in [0.2, 0.25) is 0 Å². The van der Waals surface area contributed by atoms with Gasteiger partial charge in [0, 0.05) is 19.3 Å². The topological polar surface area (TPSA) is 135 Å². The van der Waals surface area contributed by atoms with Gasteiger partial charge in [-0.2, -0.15) is 5.26 Å². The highest BCUT2D eigenvalue weighted by Crippen LogP contribution is 2.33. The number of aliphatic hydroxyl groups is 1. The van der Waals surface area contributed by atoms with Gasteiger partial charge in [0.2, 0.25) is 0 Å². The second-order valence-corrected chi connectivity index (χ2v) is 10.4. The highest BCUT2D eigenvalue weighted by atomic mass is 16.5. The Balaban J connectivity index is 0.000000876. The van der Waals surface area contributed by atoms with Crippen molar-refractivity contribution in [2.24, 2.45) is 16.8 Å². The summed E-state index contributed by atoms with van der Waals surface area (Å²) in [7, 11) is 1.39. The van der Waals surface area contributed by atoms with E-state index in [0.717, 1.165) is 30.0 Å². The molecular weight excluding hydrogens is 528 g/mol. The van der Waals surface area contributed by atoms with Crippen molar-refractivity contribution in [3.63, 3.8) is 0 Å². The van der Waals surface area contributed by atoms with Crippen molar-refractivity contribution in [3.8, 4) is 12.6 Å². The van der Waals surface area contributed by atoms with Gasteiger partial charge in [-0.3, -0.25) is 14.9 Å². The lowest BCUT2D eigenvalue weighted by molar-refractivity contribution is 0.0734. The van der Waals surface area contributed by atoms with Crippen molar-refractivity contribution in [3.05, 3.63) is 47.4 Å². The van der Waals surface area contributed by atoms with Gasteiger partial charge < -0.3 is 9.84 Å². The van der Waals surface area contributed by atoms with Gasteiger partial charge >= 0.3 is 6.09 Å². The fraction of sp³-hybridized carbons (Fsp3) is 0.576. The molecule has 1 aromatic heterocycles. The first-order chi connectivity index (χ1) is 20.1. The monoisotopic (exact) mass is 578 g/mol. The Kier molecular flexibility index (Phi) is 19.1. The quantitative estimate of drug-likeness (QED) is 0.313. The van der Waals surface area contributed by atoms with Gasteiger partial charge in [0.1, 0.15) is 5.60 Å². The van der Waals surface area contributed by atoms with Crippen molar-refractivity contribution >= 4 is 23.8 Å². The first-order valence-electron chi connectivity index (χ1n) is 14.8.